The average Bonchev–Trinajstić information content (AvgIpc) is 3.05. The van der Waals surface area contributed by atoms with Crippen LogP contribution >= 0.6 is 11.6 Å². The molecule has 2 heterocycles. The molecule has 1 amide bonds. The third-order valence-corrected chi connectivity index (χ3v) is 4.52. The number of nitrogens with zero attached hydrogens (tertiary/aromatic N) is 2. The largest absolute Gasteiger partial charge is 0.322 e. The fraction of sp³-hybridized carbons (Fsp3) is 0.0476. The lowest BCUT2D eigenvalue weighted by molar-refractivity contribution is 0.102. The van der Waals surface area contributed by atoms with E-state index in [0.717, 1.165) is 28.5 Å². The van der Waals surface area contributed by atoms with Gasteiger partial charge in [0.1, 0.15) is 11.5 Å². The van der Waals surface area contributed by atoms with Gasteiger partial charge in [-0.15, -0.1) is 0 Å². The number of aromatic nitrogens is 2. The topological polar surface area (TPSA) is 46.4 Å². The molecule has 4 aromatic rings. The van der Waals surface area contributed by atoms with Crippen molar-refractivity contribution in [3.8, 4) is 11.3 Å². The number of rotatable bonds is 3. The summed E-state index contributed by atoms with van der Waals surface area (Å²) in [5, 5.41) is 2.86. The minimum Gasteiger partial charge on any atom is -0.322 e. The molecule has 2 aromatic carbocycles. The highest BCUT2D eigenvalue weighted by Gasteiger charge is 2.12. The van der Waals surface area contributed by atoms with Crippen LogP contribution in [-0.4, -0.2) is 15.3 Å². The highest BCUT2D eigenvalue weighted by atomic mass is 35.5. The quantitative estimate of drug-likeness (QED) is 0.521. The van der Waals surface area contributed by atoms with E-state index in [-0.39, 0.29) is 10.6 Å². The van der Waals surface area contributed by atoms with E-state index in [4.69, 9.17) is 11.6 Å². The predicted molar refractivity (Wildman–Crippen MR) is 105 cm³/mol. The van der Waals surface area contributed by atoms with Crippen molar-refractivity contribution in [1.82, 2.24) is 9.38 Å². The Balaban J connectivity index is 1.62. The number of carbonyl (C=O) groups is 1. The van der Waals surface area contributed by atoms with Crippen LogP contribution in [0.1, 0.15) is 15.9 Å². The Hall–Kier alpha value is -3.18. The second-order valence-electron chi connectivity index (χ2n) is 6.25. The molecule has 0 spiro atoms. The molecule has 4 nitrogen and oxygen atoms in total. The molecule has 0 bridgehead atoms. The van der Waals surface area contributed by atoms with E-state index in [0.29, 0.717) is 5.69 Å². The molecule has 0 saturated carbocycles. The Morgan fingerprint density at radius 1 is 1.15 bits per heavy atom. The standard InChI is InChI=1S/C21H15ClFN3O/c1-13-7-8-26-12-19(25-20(26)9-13)14-3-2-4-16(10-14)24-21(27)17-6-5-15(23)11-18(17)22/h2-12H,1H3,(H,24,27). The molecule has 0 unspecified atom stereocenters. The van der Waals surface area contributed by atoms with Crippen LogP contribution in [0.3, 0.4) is 0 Å². The summed E-state index contributed by atoms with van der Waals surface area (Å²) >= 11 is 5.96. The minimum atomic E-state index is -0.486. The van der Waals surface area contributed by atoms with Gasteiger partial charge >= 0.3 is 0 Å². The van der Waals surface area contributed by atoms with Gasteiger partial charge in [0.05, 0.1) is 16.3 Å². The van der Waals surface area contributed by atoms with Gasteiger partial charge in [0.15, 0.2) is 0 Å². The fourth-order valence-corrected chi connectivity index (χ4v) is 3.10. The Morgan fingerprint density at radius 3 is 2.81 bits per heavy atom. The van der Waals surface area contributed by atoms with Gasteiger partial charge in [0.2, 0.25) is 0 Å². The Morgan fingerprint density at radius 2 is 2.00 bits per heavy atom. The summed E-state index contributed by atoms with van der Waals surface area (Å²) in [6.45, 7) is 2.02. The number of nitrogens with one attached hydrogen (secondary N) is 1. The molecule has 0 saturated heterocycles. The van der Waals surface area contributed by atoms with Crippen LogP contribution in [0.2, 0.25) is 5.02 Å². The van der Waals surface area contributed by atoms with E-state index >= 15 is 0 Å². The number of aryl methyl sites for hydroxylation is 1. The van der Waals surface area contributed by atoms with Crippen LogP contribution in [0.4, 0.5) is 10.1 Å². The maximum Gasteiger partial charge on any atom is 0.257 e. The highest BCUT2D eigenvalue weighted by molar-refractivity contribution is 6.34. The number of amides is 1. The second kappa shape index (κ2) is 6.85. The molecule has 0 fully saturated rings. The first-order valence-electron chi connectivity index (χ1n) is 8.32. The van der Waals surface area contributed by atoms with Crippen LogP contribution in [-0.2, 0) is 0 Å². The summed E-state index contributed by atoms with van der Waals surface area (Å²) in [5.41, 5.74) is 4.49. The number of pyridine rings is 1. The second-order valence-corrected chi connectivity index (χ2v) is 6.66. The SMILES string of the molecule is Cc1ccn2cc(-c3cccc(NC(=O)c4ccc(F)cc4Cl)c3)nc2c1. The van der Waals surface area contributed by atoms with E-state index in [1.54, 1.807) is 6.07 Å². The van der Waals surface area contributed by atoms with E-state index in [9.17, 15) is 9.18 Å². The lowest BCUT2D eigenvalue weighted by Gasteiger charge is -2.08. The predicted octanol–water partition coefficient (Wildman–Crippen LogP) is 5.35. The Kier molecular flexibility index (Phi) is 4.38. The molecule has 27 heavy (non-hydrogen) atoms. The van der Waals surface area contributed by atoms with Crippen LogP contribution in [0.25, 0.3) is 16.9 Å². The molecule has 0 aliphatic carbocycles. The lowest BCUT2D eigenvalue weighted by Crippen LogP contribution is -2.12. The van der Waals surface area contributed by atoms with Crippen LogP contribution in [0, 0.1) is 12.7 Å². The van der Waals surface area contributed by atoms with Gasteiger partial charge < -0.3 is 9.72 Å². The van der Waals surface area contributed by atoms with Crippen molar-refractivity contribution in [1.29, 1.82) is 0 Å². The first-order valence-corrected chi connectivity index (χ1v) is 8.69. The zero-order valence-electron chi connectivity index (χ0n) is 14.4. The molecule has 6 heteroatoms. The summed E-state index contributed by atoms with van der Waals surface area (Å²) in [6.07, 6.45) is 3.90. The van der Waals surface area contributed by atoms with Crippen LogP contribution in [0.5, 0.6) is 0 Å². The number of halogens is 2. The van der Waals surface area contributed by atoms with E-state index in [1.165, 1.54) is 12.1 Å². The zero-order valence-corrected chi connectivity index (χ0v) is 15.2. The maximum atomic E-state index is 13.2. The van der Waals surface area contributed by atoms with Crippen molar-refractivity contribution in [3.05, 3.63) is 89.0 Å². The molecule has 0 aliphatic rings. The molecule has 4 rings (SSSR count). The smallest absolute Gasteiger partial charge is 0.257 e. The molecule has 0 aliphatic heterocycles. The number of hydrogen-bond donors (Lipinski definition) is 1. The normalized spacial score (nSPS) is 10.9. The van der Waals surface area contributed by atoms with Crippen LogP contribution in [0.15, 0.2) is 67.0 Å². The summed E-state index contributed by atoms with van der Waals surface area (Å²) in [6, 6.07) is 15.1. The Bertz CT molecular complexity index is 1170. The van der Waals surface area contributed by atoms with E-state index < -0.39 is 11.7 Å². The third kappa shape index (κ3) is 3.55. The van der Waals surface area contributed by atoms with Gasteiger partial charge in [-0.05, 0) is 55.0 Å². The van der Waals surface area contributed by atoms with E-state index in [1.807, 2.05) is 54.0 Å². The molecule has 2 aromatic heterocycles. The summed E-state index contributed by atoms with van der Waals surface area (Å²) in [5.74, 6) is -0.886. The Labute approximate surface area is 160 Å². The fourth-order valence-electron chi connectivity index (χ4n) is 2.85. The molecule has 0 atom stereocenters. The number of benzene rings is 2. The average molecular weight is 380 g/mol. The number of carbonyl (C=O) groups excluding carboxylic acids is 1. The van der Waals surface area contributed by atoms with E-state index in [2.05, 4.69) is 10.3 Å². The first kappa shape index (κ1) is 17.2. The van der Waals surface area contributed by atoms with Gasteiger partial charge in [0, 0.05) is 23.6 Å². The third-order valence-electron chi connectivity index (χ3n) is 4.21. The maximum absolute atomic E-state index is 13.2. The summed E-state index contributed by atoms with van der Waals surface area (Å²) < 4.78 is 15.1. The van der Waals surface area contributed by atoms with Gasteiger partial charge in [-0.2, -0.15) is 0 Å². The van der Waals surface area contributed by atoms with Crippen LogP contribution < -0.4 is 5.32 Å². The van der Waals surface area contributed by atoms with Crippen molar-refractivity contribution in [2.24, 2.45) is 0 Å². The first-order chi connectivity index (χ1) is 13.0. The van der Waals surface area contributed by atoms with Gasteiger partial charge in [-0.1, -0.05) is 23.7 Å². The van der Waals surface area contributed by atoms with Gasteiger partial charge in [-0.3, -0.25) is 4.79 Å². The zero-order chi connectivity index (χ0) is 19.0. The summed E-state index contributed by atoms with van der Waals surface area (Å²) in [7, 11) is 0. The number of anilines is 1. The summed E-state index contributed by atoms with van der Waals surface area (Å²) in [4.78, 5) is 17.1. The number of fused-ring (bicyclic) bond motifs is 1. The monoisotopic (exact) mass is 379 g/mol. The minimum absolute atomic E-state index is 0.0689. The van der Waals surface area contributed by atoms with Gasteiger partial charge in [-0.25, -0.2) is 9.37 Å². The lowest BCUT2D eigenvalue weighted by atomic mass is 10.1. The van der Waals surface area contributed by atoms with Crippen molar-refractivity contribution in [2.45, 2.75) is 6.92 Å². The van der Waals surface area contributed by atoms with Gasteiger partial charge in [0.25, 0.3) is 5.91 Å². The molecular formula is C21H15ClFN3O. The van der Waals surface area contributed by atoms with Crippen molar-refractivity contribution in [3.63, 3.8) is 0 Å². The molecule has 134 valence electrons. The molecular weight excluding hydrogens is 365 g/mol. The number of imidazole rings is 1. The molecule has 0 radical (unpaired) electrons. The van der Waals surface area contributed by atoms with Crippen molar-refractivity contribution < 1.29 is 9.18 Å². The van der Waals surface area contributed by atoms with Crippen molar-refractivity contribution >= 4 is 28.8 Å². The van der Waals surface area contributed by atoms with Crippen molar-refractivity contribution in [2.75, 3.05) is 5.32 Å². The number of hydrogen-bond acceptors (Lipinski definition) is 2. The molecule has 1 N–H and O–H groups in total. The highest BCUT2D eigenvalue weighted by Crippen LogP contribution is 2.24.